The fraction of sp³-hybridized carbons (Fsp3) is 0.600. The number of hydrogen-bond donors (Lipinski definition) is 3. The van der Waals surface area contributed by atoms with Crippen molar-refractivity contribution in [2.45, 2.75) is 77.2 Å². The van der Waals surface area contributed by atoms with Crippen LogP contribution in [0, 0.1) is 23.6 Å². The predicted octanol–water partition coefficient (Wildman–Crippen LogP) is 4.62. The summed E-state index contributed by atoms with van der Waals surface area (Å²) in [5.74, 6) is -3.33. The van der Waals surface area contributed by atoms with Crippen molar-refractivity contribution in [1.82, 2.24) is 25.3 Å². The maximum atomic E-state index is 15.5. The molecule has 0 radical (unpaired) electrons. The van der Waals surface area contributed by atoms with Crippen LogP contribution in [0.15, 0.2) is 24.4 Å². The lowest BCUT2D eigenvalue weighted by molar-refractivity contribution is -0.139. The third kappa shape index (κ3) is 8.33. The van der Waals surface area contributed by atoms with E-state index in [9.17, 15) is 27.6 Å². The van der Waals surface area contributed by atoms with Gasteiger partial charge in [-0.2, -0.15) is 18.3 Å². The third-order valence-electron chi connectivity index (χ3n) is 7.97. The van der Waals surface area contributed by atoms with Gasteiger partial charge in [0.05, 0.1) is 11.6 Å². The molecule has 2 aromatic rings. The number of rotatable bonds is 13. The number of halogens is 4. The molecule has 1 aromatic heterocycles. The van der Waals surface area contributed by atoms with Crippen LogP contribution in [0.5, 0.6) is 0 Å². The average molecular weight is 609 g/mol. The molecule has 13 heteroatoms. The summed E-state index contributed by atoms with van der Waals surface area (Å²) in [6, 6.07) is 3.09. The van der Waals surface area contributed by atoms with Crippen LogP contribution in [0.4, 0.5) is 23.2 Å². The van der Waals surface area contributed by atoms with Gasteiger partial charge in [0.2, 0.25) is 11.8 Å². The Morgan fingerprint density at radius 2 is 1.67 bits per heavy atom. The van der Waals surface area contributed by atoms with Crippen molar-refractivity contribution in [3.05, 3.63) is 47.0 Å². The molecule has 2 saturated carbocycles. The molecule has 3 amide bonds. The molecule has 0 bridgehead atoms. The standard InChI is InChI=1S/C30H40F4N6O3/c1-16(2)40-24(10-11-36-40)28(42)38-26(25(18-6-7-18)19-8-9-19)29(43)37-23-12-20(14-39(4)5)21(13-22(23)31)17(3)27(41)35-15-30(32,33)34/h10-13,16-19,25-26H,6-9,14-15H2,1-5H3,(H,35,41)(H,37,43)(H,38,42)/t17-,26-/m0/s1. The van der Waals surface area contributed by atoms with Gasteiger partial charge in [-0.05, 0) is 108 Å². The van der Waals surface area contributed by atoms with Crippen LogP contribution < -0.4 is 16.0 Å². The number of nitrogens with zero attached hydrogens (tertiary/aromatic N) is 3. The minimum Gasteiger partial charge on any atom is -0.346 e. The van der Waals surface area contributed by atoms with Gasteiger partial charge in [-0.3, -0.25) is 19.1 Å². The van der Waals surface area contributed by atoms with E-state index in [1.807, 2.05) is 19.2 Å². The fourth-order valence-electron chi connectivity index (χ4n) is 5.65. The second kappa shape index (κ2) is 13.0. The van der Waals surface area contributed by atoms with E-state index in [2.05, 4.69) is 15.7 Å². The Balaban J connectivity index is 1.61. The molecule has 0 unspecified atom stereocenters. The summed E-state index contributed by atoms with van der Waals surface area (Å²) < 4.78 is 55.1. The van der Waals surface area contributed by atoms with Gasteiger partial charge in [0.25, 0.3) is 5.91 Å². The maximum Gasteiger partial charge on any atom is 0.405 e. The lowest BCUT2D eigenvalue weighted by Gasteiger charge is -2.28. The molecule has 2 aliphatic carbocycles. The number of hydrogen-bond acceptors (Lipinski definition) is 5. The highest BCUT2D eigenvalue weighted by molar-refractivity contribution is 6.01. The highest BCUT2D eigenvalue weighted by Crippen LogP contribution is 2.51. The molecule has 0 spiro atoms. The Morgan fingerprint density at radius 1 is 1.05 bits per heavy atom. The van der Waals surface area contributed by atoms with E-state index < -0.39 is 48.2 Å². The van der Waals surface area contributed by atoms with Gasteiger partial charge in [0.15, 0.2) is 0 Å². The Hall–Kier alpha value is -3.48. The van der Waals surface area contributed by atoms with Crippen LogP contribution in [0.3, 0.4) is 0 Å². The number of benzene rings is 1. The Bertz CT molecular complexity index is 1320. The molecule has 236 valence electrons. The zero-order valence-corrected chi connectivity index (χ0v) is 25.1. The molecule has 1 aromatic carbocycles. The lowest BCUT2D eigenvalue weighted by atomic mass is 9.88. The van der Waals surface area contributed by atoms with Gasteiger partial charge >= 0.3 is 6.18 Å². The Kier molecular flexibility index (Phi) is 9.83. The van der Waals surface area contributed by atoms with E-state index in [4.69, 9.17) is 0 Å². The van der Waals surface area contributed by atoms with E-state index >= 15 is 4.39 Å². The number of nitrogens with one attached hydrogen (secondary N) is 3. The smallest absolute Gasteiger partial charge is 0.346 e. The van der Waals surface area contributed by atoms with Crippen LogP contribution >= 0.6 is 0 Å². The SMILES string of the molecule is CC(C)n1nccc1C(=O)N[C@H](C(=O)Nc1cc(CN(C)C)c([C@H](C)C(=O)NCC(F)(F)F)cc1F)C(C1CC1)C1CC1. The molecule has 2 aliphatic rings. The van der Waals surface area contributed by atoms with Gasteiger partial charge in [0.1, 0.15) is 24.1 Å². The zero-order valence-electron chi connectivity index (χ0n) is 25.1. The van der Waals surface area contributed by atoms with Crippen LogP contribution in [0.25, 0.3) is 0 Å². The van der Waals surface area contributed by atoms with Crippen LogP contribution in [-0.4, -0.2) is 65.3 Å². The molecule has 2 atom stereocenters. The van der Waals surface area contributed by atoms with Crippen molar-refractivity contribution in [2.24, 2.45) is 17.8 Å². The normalized spacial score (nSPS) is 16.8. The van der Waals surface area contributed by atoms with Gasteiger partial charge in [-0.15, -0.1) is 0 Å². The summed E-state index contributed by atoms with van der Waals surface area (Å²) in [7, 11) is 3.51. The van der Waals surface area contributed by atoms with Crippen molar-refractivity contribution in [2.75, 3.05) is 26.0 Å². The third-order valence-corrected chi connectivity index (χ3v) is 7.97. The minimum atomic E-state index is -4.58. The second-order valence-electron chi connectivity index (χ2n) is 12.3. The van der Waals surface area contributed by atoms with Crippen LogP contribution in [-0.2, 0) is 16.1 Å². The molecule has 0 saturated heterocycles. The largest absolute Gasteiger partial charge is 0.405 e. The lowest BCUT2D eigenvalue weighted by Crippen LogP contribution is -2.50. The highest BCUT2D eigenvalue weighted by atomic mass is 19.4. The first-order valence-corrected chi connectivity index (χ1v) is 14.6. The molecule has 0 aliphatic heterocycles. The molecule has 1 heterocycles. The molecule has 9 nitrogen and oxygen atoms in total. The Labute approximate surface area is 248 Å². The summed E-state index contributed by atoms with van der Waals surface area (Å²) in [4.78, 5) is 41.5. The predicted molar refractivity (Wildman–Crippen MR) is 153 cm³/mol. The highest BCUT2D eigenvalue weighted by Gasteiger charge is 2.48. The number of amides is 3. The minimum absolute atomic E-state index is 0.0775. The van der Waals surface area contributed by atoms with Crippen molar-refractivity contribution < 1.29 is 31.9 Å². The summed E-state index contributed by atoms with van der Waals surface area (Å²) >= 11 is 0. The number of aromatic nitrogens is 2. The van der Waals surface area contributed by atoms with Gasteiger partial charge in [-0.1, -0.05) is 0 Å². The van der Waals surface area contributed by atoms with Crippen molar-refractivity contribution in [3.63, 3.8) is 0 Å². The summed E-state index contributed by atoms with van der Waals surface area (Å²) in [5.41, 5.74) is 0.869. The second-order valence-corrected chi connectivity index (χ2v) is 12.3. The Morgan fingerprint density at radius 3 is 2.21 bits per heavy atom. The summed E-state index contributed by atoms with van der Waals surface area (Å²) in [6.45, 7) is 3.93. The number of alkyl halides is 3. The average Bonchev–Trinajstić information content (AvgIpc) is 3.86. The quantitative estimate of drug-likeness (QED) is 0.288. The topological polar surface area (TPSA) is 108 Å². The number of carbonyl (C=O) groups excluding carboxylic acids is 3. The fourth-order valence-corrected chi connectivity index (χ4v) is 5.65. The van der Waals surface area contributed by atoms with E-state index in [0.29, 0.717) is 11.3 Å². The zero-order chi connectivity index (χ0) is 31.6. The molecule has 43 heavy (non-hydrogen) atoms. The summed E-state index contributed by atoms with van der Waals surface area (Å²) in [5, 5.41) is 11.7. The molecule has 4 rings (SSSR count). The first kappa shape index (κ1) is 32.4. The molecule has 3 N–H and O–H groups in total. The molecule has 2 fully saturated rings. The van der Waals surface area contributed by atoms with E-state index in [1.165, 1.54) is 19.2 Å². The van der Waals surface area contributed by atoms with E-state index in [1.54, 1.807) is 29.7 Å². The molecular formula is C30H40F4N6O3. The van der Waals surface area contributed by atoms with E-state index in [0.717, 1.165) is 31.7 Å². The van der Waals surface area contributed by atoms with Crippen LogP contribution in [0.1, 0.15) is 80.0 Å². The molecular weight excluding hydrogens is 568 g/mol. The summed E-state index contributed by atoms with van der Waals surface area (Å²) in [6.07, 6.45) is 0.755. The first-order valence-electron chi connectivity index (χ1n) is 14.6. The van der Waals surface area contributed by atoms with Crippen molar-refractivity contribution in [3.8, 4) is 0 Å². The van der Waals surface area contributed by atoms with Crippen molar-refractivity contribution >= 4 is 23.4 Å². The van der Waals surface area contributed by atoms with E-state index in [-0.39, 0.29) is 41.6 Å². The van der Waals surface area contributed by atoms with Gasteiger partial charge < -0.3 is 20.9 Å². The van der Waals surface area contributed by atoms with Crippen molar-refractivity contribution in [1.29, 1.82) is 0 Å². The first-order chi connectivity index (χ1) is 20.2. The number of anilines is 1. The maximum absolute atomic E-state index is 15.5. The monoisotopic (exact) mass is 608 g/mol. The van der Waals surface area contributed by atoms with Gasteiger partial charge in [-0.25, -0.2) is 4.39 Å². The van der Waals surface area contributed by atoms with Crippen LogP contribution in [0.2, 0.25) is 0 Å². The van der Waals surface area contributed by atoms with Gasteiger partial charge in [0, 0.05) is 18.8 Å². The number of carbonyl (C=O) groups is 3.